The fraction of sp³-hybridized carbons (Fsp3) is 0.316. The Morgan fingerprint density at radius 1 is 1.31 bits per heavy atom. The summed E-state index contributed by atoms with van der Waals surface area (Å²) in [5, 5.41) is 4.05. The van der Waals surface area contributed by atoms with E-state index in [0.29, 0.717) is 28.4 Å². The van der Waals surface area contributed by atoms with Gasteiger partial charge in [-0.15, -0.1) is 0 Å². The number of aromatic nitrogens is 2. The number of nitrogens with one attached hydrogen (secondary N) is 1. The number of carbonyl (C=O) groups is 1. The van der Waals surface area contributed by atoms with Gasteiger partial charge in [0.25, 0.3) is 5.56 Å². The molecule has 6 nitrogen and oxygen atoms in total. The van der Waals surface area contributed by atoms with E-state index in [0.717, 1.165) is 6.42 Å². The summed E-state index contributed by atoms with van der Waals surface area (Å²) < 4.78 is 6.94. The SMILES string of the molecule is CCCn1c(SCC(=O)N[C@H](C)c2ccco2)nc2ccccc2c1=O. The van der Waals surface area contributed by atoms with Gasteiger partial charge in [-0.3, -0.25) is 14.2 Å². The highest BCUT2D eigenvalue weighted by Gasteiger charge is 2.15. The van der Waals surface area contributed by atoms with Gasteiger partial charge in [0.1, 0.15) is 5.76 Å². The second-order valence-corrected chi connectivity index (χ2v) is 6.90. The summed E-state index contributed by atoms with van der Waals surface area (Å²) in [6.45, 7) is 4.44. The summed E-state index contributed by atoms with van der Waals surface area (Å²) in [6.07, 6.45) is 2.39. The largest absolute Gasteiger partial charge is 0.467 e. The number of amides is 1. The number of hydrogen-bond acceptors (Lipinski definition) is 5. The van der Waals surface area contributed by atoms with Crippen molar-refractivity contribution in [3.05, 3.63) is 58.8 Å². The molecule has 0 aliphatic carbocycles. The molecule has 2 aromatic heterocycles. The molecule has 0 bridgehead atoms. The van der Waals surface area contributed by atoms with Gasteiger partial charge in [-0.25, -0.2) is 4.98 Å². The van der Waals surface area contributed by atoms with Crippen molar-refractivity contribution in [3.8, 4) is 0 Å². The summed E-state index contributed by atoms with van der Waals surface area (Å²) in [7, 11) is 0. The van der Waals surface area contributed by atoms with Gasteiger partial charge in [0.05, 0.1) is 29.0 Å². The third-order valence-electron chi connectivity index (χ3n) is 3.95. The number of hydrogen-bond donors (Lipinski definition) is 1. The number of nitrogens with zero attached hydrogens (tertiary/aromatic N) is 2. The highest BCUT2D eigenvalue weighted by molar-refractivity contribution is 7.99. The van der Waals surface area contributed by atoms with Crippen LogP contribution in [-0.2, 0) is 11.3 Å². The Balaban J connectivity index is 1.76. The molecule has 0 saturated carbocycles. The van der Waals surface area contributed by atoms with Crippen LogP contribution in [0.1, 0.15) is 32.1 Å². The van der Waals surface area contributed by atoms with Gasteiger partial charge in [-0.1, -0.05) is 30.8 Å². The van der Waals surface area contributed by atoms with Crippen LogP contribution in [0, 0.1) is 0 Å². The molecule has 26 heavy (non-hydrogen) atoms. The van der Waals surface area contributed by atoms with Crippen molar-refractivity contribution >= 4 is 28.6 Å². The Morgan fingerprint density at radius 2 is 2.12 bits per heavy atom. The average Bonchev–Trinajstić information content (AvgIpc) is 3.17. The quantitative estimate of drug-likeness (QED) is 0.509. The monoisotopic (exact) mass is 371 g/mol. The van der Waals surface area contributed by atoms with E-state index >= 15 is 0 Å². The molecular weight excluding hydrogens is 350 g/mol. The van der Waals surface area contributed by atoms with E-state index in [4.69, 9.17) is 4.42 Å². The lowest BCUT2D eigenvalue weighted by molar-refractivity contribution is -0.119. The minimum atomic E-state index is -0.208. The summed E-state index contributed by atoms with van der Waals surface area (Å²) in [4.78, 5) is 29.5. The number of carbonyl (C=O) groups excluding carboxylic acids is 1. The molecule has 3 rings (SSSR count). The van der Waals surface area contributed by atoms with Gasteiger partial charge in [0.15, 0.2) is 5.16 Å². The first-order valence-electron chi connectivity index (χ1n) is 8.55. The van der Waals surface area contributed by atoms with Crippen molar-refractivity contribution in [2.45, 2.75) is 38.0 Å². The van der Waals surface area contributed by atoms with E-state index in [1.165, 1.54) is 11.8 Å². The molecule has 1 amide bonds. The van der Waals surface area contributed by atoms with E-state index in [9.17, 15) is 9.59 Å². The smallest absolute Gasteiger partial charge is 0.262 e. The Labute approximate surface area is 155 Å². The summed E-state index contributed by atoms with van der Waals surface area (Å²) >= 11 is 1.27. The van der Waals surface area contributed by atoms with Crippen LogP contribution in [0.3, 0.4) is 0 Å². The first kappa shape index (κ1) is 18.3. The van der Waals surface area contributed by atoms with Crippen LogP contribution in [0.25, 0.3) is 10.9 Å². The molecule has 0 unspecified atom stereocenters. The Kier molecular flexibility index (Phi) is 5.78. The lowest BCUT2D eigenvalue weighted by atomic mass is 10.2. The number of furan rings is 1. The molecule has 0 saturated heterocycles. The van der Waals surface area contributed by atoms with E-state index in [1.807, 2.05) is 38.1 Å². The zero-order valence-corrected chi connectivity index (χ0v) is 15.6. The first-order valence-corrected chi connectivity index (χ1v) is 9.54. The standard InChI is InChI=1S/C19H21N3O3S/c1-3-10-22-18(24)14-7-4-5-8-15(14)21-19(22)26-12-17(23)20-13(2)16-9-6-11-25-16/h4-9,11,13H,3,10,12H2,1-2H3,(H,20,23)/t13-/m1/s1. The maximum Gasteiger partial charge on any atom is 0.262 e. The minimum absolute atomic E-state index is 0.0655. The molecule has 0 radical (unpaired) electrons. The minimum Gasteiger partial charge on any atom is -0.467 e. The lowest BCUT2D eigenvalue weighted by Gasteiger charge is -2.13. The van der Waals surface area contributed by atoms with Gasteiger partial charge < -0.3 is 9.73 Å². The molecule has 1 aromatic carbocycles. The van der Waals surface area contributed by atoms with E-state index in [2.05, 4.69) is 10.3 Å². The molecule has 1 atom stereocenters. The zero-order chi connectivity index (χ0) is 18.5. The number of fused-ring (bicyclic) bond motifs is 1. The predicted octanol–water partition coefficient (Wildman–Crippen LogP) is 3.37. The molecule has 0 spiro atoms. The molecule has 136 valence electrons. The van der Waals surface area contributed by atoms with Crippen molar-refractivity contribution in [2.24, 2.45) is 0 Å². The highest BCUT2D eigenvalue weighted by Crippen LogP contribution is 2.19. The van der Waals surface area contributed by atoms with Crippen LogP contribution in [-0.4, -0.2) is 21.2 Å². The van der Waals surface area contributed by atoms with Gasteiger partial charge in [-0.2, -0.15) is 0 Å². The fourth-order valence-corrected chi connectivity index (χ4v) is 3.54. The fourth-order valence-electron chi connectivity index (χ4n) is 2.70. The van der Waals surface area contributed by atoms with Crippen molar-refractivity contribution in [1.29, 1.82) is 0 Å². The summed E-state index contributed by atoms with van der Waals surface area (Å²) in [5.74, 6) is 0.749. The van der Waals surface area contributed by atoms with E-state index in [1.54, 1.807) is 23.0 Å². The molecule has 0 aliphatic rings. The Hall–Kier alpha value is -2.54. The zero-order valence-electron chi connectivity index (χ0n) is 14.8. The van der Waals surface area contributed by atoms with Crippen molar-refractivity contribution in [3.63, 3.8) is 0 Å². The van der Waals surface area contributed by atoms with Gasteiger partial charge >= 0.3 is 0 Å². The maximum absolute atomic E-state index is 12.7. The van der Waals surface area contributed by atoms with Gasteiger partial charge in [-0.05, 0) is 37.6 Å². The first-order chi connectivity index (χ1) is 12.6. The Morgan fingerprint density at radius 3 is 2.85 bits per heavy atom. The second kappa shape index (κ2) is 8.23. The Bertz CT molecular complexity index is 950. The summed E-state index contributed by atoms with van der Waals surface area (Å²) in [5.41, 5.74) is 0.584. The highest BCUT2D eigenvalue weighted by atomic mass is 32.2. The number of para-hydroxylation sites is 1. The predicted molar refractivity (Wildman–Crippen MR) is 102 cm³/mol. The van der Waals surface area contributed by atoms with Crippen LogP contribution in [0.5, 0.6) is 0 Å². The van der Waals surface area contributed by atoms with Gasteiger partial charge in [0, 0.05) is 6.54 Å². The molecule has 1 N–H and O–H groups in total. The number of thioether (sulfide) groups is 1. The second-order valence-electron chi connectivity index (χ2n) is 5.96. The van der Waals surface area contributed by atoms with E-state index in [-0.39, 0.29) is 23.3 Å². The maximum atomic E-state index is 12.7. The molecule has 0 aliphatic heterocycles. The molecule has 7 heteroatoms. The normalized spacial score (nSPS) is 12.2. The van der Waals surface area contributed by atoms with Crippen molar-refractivity contribution in [2.75, 3.05) is 5.75 Å². The van der Waals surface area contributed by atoms with Crippen LogP contribution in [0.15, 0.2) is 57.0 Å². The lowest BCUT2D eigenvalue weighted by Crippen LogP contribution is -2.29. The van der Waals surface area contributed by atoms with E-state index < -0.39 is 0 Å². The molecule has 0 fully saturated rings. The molecule has 3 aromatic rings. The van der Waals surface area contributed by atoms with Crippen molar-refractivity contribution in [1.82, 2.24) is 14.9 Å². The van der Waals surface area contributed by atoms with Crippen LogP contribution in [0.4, 0.5) is 0 Å². The van der Waals surface area contributed by atoms with Crippen molar-refractivity contribution < 1.29 is 9.21 Å². The topological polar surface area (TPSA) is 77.1 Å². The van der Waals surface area contributed by atoms with Crippen LogP contribution in [0.2, 0.25) is 0 Å². The number of benzene rings is 1. The summed E-state index contributed by atoms with van der Waals surface area (Å²) in [6, 6.07) is 10.7. The van der Waals surface area contributed by atoms with Gasteiger partial charge in [0.2, 0.25) is 5.91 Å². The number of rotatable bonds is 7. The van der Waals surface area contributed by atoms with Crippen LogP contribution < -0.4 is 10.9 Å². The average molecular weight is 371 g/mol. The third-order valence-corrected chi connectivity index (χ3v) is 4.93. The third kappa shape index (κ3) is 3.99. The van der Waals surface area contributed by atoms with Crippen LogP contribution >= 0.6 is 11.8 Å². The molecular formula is C19H21N3O3S. The molecule has 2 heterocycles.